The molecule has 2 nitrogen and oxygen atoms in total. The summed E-state index contributed by atoms with van der Waals surface area (Å²) >= 11 is 0. The number of ether oxygens (including phenoxy) is 1. The zero-order valence-electron chi connectivity index (χ0n) is 10.9. The lowest BCUT2D eigenvalue weighted by Gasteiger charge is -2.29. The lowest BCUT2D eigenvalue weighted by atomic mass is 9.86. The predicted octanol–water partition coefficient (Wildman–Crippen LogP) is 3.36. The van der Waals surface area contributed by atoms with Crippen LogP contribution in [0.4, 0.5) is 0 Å². The first kappa shape index (κ1) is 12.4. The highest BCUT2D eigenvalue weighted by molar-refractivity contribution is 5.33. The van der Waals surface area contributed by atoms with E-state index in [-0.39, 0.29) is 0 Å². The molecule has 0 aliphatic heterocycles. The fourth-order valence-electron chi connectivity index (χ4n) is 2.71. The number of nitrogens with one attached hydrogen (secondary N) is 1. The van der Waals surface area contributed by atoms with Gasteiger partial charge in [0.15, 0.2) is 0 Å². The molecule has 1 aliphatic rings. The predicted molar refractivity (Wildman–Crippen MR) is 71.3 cm³/mol. The SMILES string of the molecule is COc1ccccc1CN[C@H]1CCCC[C@H]1C. The molecule has 0 unspecified atom stereocenters. The maximum absolute atomic E-state index is 5.37. The molecule has 1 N–H and O–H groups in total. The summed E-state index contributed by atoms with van der Waals surface area (Å²) in [5, 5.41) is 3.68. The fourth-order valence-corrected chi connectivity index (χ4v) is 2.71. The molecule has 17 heavy (non-hydrogen) atoms. The van der Waals surface area contributed by atoms with Gasteiger partial charge in [0.05, 0.1) is 7.11 Å². The van der Waals surface area contributed by atoms with Crippen molar-refractivity contribution in [1.29, 1.82) is 0 Å². The monoisotopic (exact) mass is 233 g/mol. The quantitative estimate of drug-likeness (QED) is 0.861. The van der Waals surface area contributed by atoms with Crippen molar-refractivity contribution in [3.8, 4) is 5.75 Å². The molecule has 2 atom stereocenters. The molecule has 1 fully saturated rings. The minimum atomic E-state index is 0.675. The van der Waals surface area contributed by atoms with Crippen LogP contribution in [-0.2, 0) is 6.54 Å². The van der Waals surface area contributed by atoms with E-state index in [0.29, 0.717) is 6.04 Å². The van der Waals surface area contributed by atoms with Crippen LogP contribution in [-0.4, -0.2) is 13.2 Å². The average molecular weight is 233 g/mol. The second kappa shape index (κ2) is 6.06. The lowest BCUT2D eigenvalue weighted by Crippen LogP contribution is -2.36. The van der Waals surface area contributed by atoms with Gasteiger partial charge >= 0.3 is 0 Å². The van der Waals surface area contributed by atoms with E-state index in [1.54, 1.807) is 7.11 Å². The number of hydrogen-bond acceptors (Lipinski definition) is 2. The van der Waals surface area contributed by atoms with E-state index in [2.05, 4.69) is 24.4 Å². The number of methoxy groups -OCH3 is 1. The first-order chi connectivity index (χ1) is 8.31. The van der Waals surface area contributed by atoms with Gasteiger partial charge in [0.1, 0.15) is 5.75 Å². The van der Waals surface area contributed by atoms with Crippen LogP contribution in [0.5, 0.6) is 5.75 Å². The molecule has 1 saturated carbocycles. The molecule has 1 aromatic carbocycles. The topological polar surface area (TPSA) is 21.3 Å². The second-order valence-electron chi connectivity index (χ2n) is 5.06. The van der Waals surface area contributed by atoms with Crippen molar-refractivity contribution in [3.63, 3.8) is 0 Å². The molecule has 0 bridgehead atoms. The van der Waals surface area contributed by atoms with Crippen molar-refractivity contribution in [2.24, 2.45) is 5.92 Å². The van der Waals surface area contributed by atoms with Crippen LogP contribution < -0.4 is 10.1 Å². The Morgan fingerprint density at radius 3 is 2.76 bits per heavy atom. The molecule has 94 valence electrons. The summed E-state index contributed by atoms with van der Waals surface area (Å²) in [4.78, 5) is 0. The molecule has 2 rings (SSSR count). The number of para-hydroxylation sites is 1. The van der Waals surface area contributed by atoms with Crippen LogP contribution in [0, 0.1) is 5.92 Å². The molecule has 0 amide bonds. The molecule has 0 aromatic heterocycles. The Labute approximate surface area is 104 Å². The minimum absolute atomic E-state index is 0.675. The molecule has 1 aliphatic carbocycles. The molecule has 0 saturated heterocycles. The molecule has 0 heterocycles. The maximum Gasteiger partial charge on any atom is 0.123 e. The summed E-state index contributed by atoms with van der Waals surface area (Å²) in [6.45, 7) is 3.28. The molecule has 1 aromatic rings. The third-order valence-electron chi connectivity index (χ3n) is 3.86. The largest absolute Gasteiger partial charge is 0.496 e. The van der Waals surface area contributed by atoms with Gasteiger partial charge in [-0.05, 0) is 24.8 Å². The van der Waals surface area contributed by atoms with Gasteiger partial charge in [-0.2, -0.15) is 0 Å². The van der Waals surface area contributed by atoms with Gasteiger partial charge in [0, 0.05) is 18.2 Å². The zero-order valence-corrected chi connectivity index (χ0v) is 10.9. The van der Waals surface area contributed by atoms with Gasteiger partial charge in [-0.1, -0.05) is 38.0 Å². The summed E-state index contributed by atoms with van der Waals surface area (Å²) in [6.07, 6.45) is 5.45. The van der Waals surface area contributed by atoms with E-state index in [9.17, 15) is 0 Å². The second-order valence-corrected chi connectivity index (χ2v) is 5.06. The number of hydrogen-bond donors (Lipinski definition) is 1. The average Bonchev–Trinajstić information content (AvgIpc) is 2.38. The van der Waals surface area contributed by atoms with Crippen LogP contribution in [0.1, 0.15) is 38.2 Å². The van der Waals surface area contributed by atoms with Crippen LogP contribution in [0.2, 0.25) is 0 Å². The van der Waals surface area contributed by atoms with E-state index in [1.165, 1.54) is 31.2 Å². The Hall–Kier alpha value is -1.02. The zero-order chi connectivity index (χ0) is 12.1. The Balaban J connectivity index is 1.92. The first-order valence-electron chi connectivity index (χ1n) is 6.66. The van der Waals surface area contributed by atoms with Gasteiger partial charge in [-0.3, -0.25) is 0 Å². The van der Waals surface area contributed by atoms with Crippen molar-refractivity contribution in [3.05, 3.63) is 29.8 Å². The summed E-state index contributed by atoms with van der Waals surface area (Å²) in [5.41, 5.74) is 1.26. The van der Waals surface area contributed by atoms with E-state index in [1.807, 2.05) is 12.1 Å². The van der Waals surface area contributed by atoms with Crippen LogP contribution in [0.25, 0.3) is 0 Å². The Bertz CT molecular complexity index is 351. The van der Waals surface area contributed by atoms with Crippen molar-refractivity contribution in [2.45, 2.75) is 45.2 Å². The van der Waals surface area contributed by atoms with Gasteiger partial charge in [0.25, 0.3) is 0 Å². The van der Waals surface area contributed by atoms with Crippen molar-refractivity contribution in [2.75, 3.05) is 7.11 Å². The smallest absolute Gasteiger partial charge is 0.123 e. The maximum atomic E-state index is 5.37. The van der Waals surface area contributed by atoms with Crippen molar-refractivity contribution < 1.29 is 4.74 Å². The van der Waals surface area contributed by atoms with E-state index >= 15 is 0 Å². The van der Waals surface area contributed by atoms with Gasteiger partial charge in [-0.25, -0.2) is 0 Å². The first-order valence-corrected chi connectivity index (χ1v) is 6.66. The number of benzene rings is 1. The highest BCUT2D eigenvalue weighted by Gasteiger charge is 2.20. The van der Waals surface area contributed by atoms with Crippen molar-refractivity contribution in [1.82, 2.24) is 5.32 Å². The van der Waals surface area contributed by atoms with E-state index in [0.717, 1.165) is 18.2 Å². The normalized spacial score (nSPS) is 24.6. The summed E-state index contributed by atoms with van der Waals surface area (Å²) in [5.74, 6) is 1.79. The molecule has 2 heteroatoms. The Kier molecular flexibility index (Phi) is 4.43. The number of rotatable bonds is 4. The third kappa shape index (κ3) is 3.22. The Morgan fingerprint density at radius 2 is 2.00 bits per heavy atom. The molecular formula is C15H23NO. The molecule has 0 radical (unpaired) electrons. The highest BCUT2D eigenvalue weighted by Crippen LogP contribution is 2.25. The van der Waals surface area contributed by atoms with Gasteiger partial charge in [-0.15, -0.1) is 0 Å². The summed E-state index contributed by atoms with van der Waals surface area (Å²) < 4.78 is 5.37. The fraction of sp³-hybridized carbons (Fsp3) is 0.600. The molecule has 0 spiro atoms. The van der Waals surface area contributed by atoms with Crippen molar-refractivity contribution >= 4 is 0 Å². The van der Waals surface area contributed by atoms with Crippen LogP contribution in [0.15, 0.2) is 24.3 Å². The molecular weight excluding hydrogens is 210 g/mol. The standard InChI is InChI=1S/C15H23NO/c1-12-7-3-5-9-14(12)16-11-13-8-4-6-10-15(13)17-2/h4,6,8,10,12,14,16H,3,5,7,9,11H2,1-2H3/t12-,14+/m1/s1. The van der Waals surface area contributed by atoms with Crippen LogP contribution in [0.3, 0.4) is 0 Å². The third-order valence-corrected chi connectivity index (χ3v) is 3.86. The summed E-state index contributed by atoms with van der Waals surface area (Å²) in [7, 11) is 1.74. The van der Waals surface area contributed by atoms with Crippen LogP contribution >= 0.6 is 0 Å². The Morgan fingerprint density at radius 1 is 1.24 bits per heavy atom. The lowest BCUT2D eigenvalue weighted by molar-refractivity contribution is 0.278. The highest BCUT2D eigenvalue weighted by atomic mass is 16.5. The van der Waals surface area contributed by atoms with E-state index in [4.69, 9.17) is 4.74 Å². The van der Waals surface area contributed by atoms with Gasteiger partial charge in [0.2, 0.25) is 0 Å². The summed E-state index contributed by atoms with van der Waals surface area (Å²) in [6, 6.07) is 8.93. The van der Waals surface area contributed by atoms with Gasteiger partial charge < -0.3 is 10.1 Å². The van der Waals surface area contributed by atoms with E-state index < -0.39 is 0 Å². The minimum Gasteiger partial charge on any atom is -0.496 e.